The first-order valence-corrected chi connectivity index (χ1v) is 9.08. The van der Waals surface area contributed by atoms with Crippen LogP contribution in [0, 0.1) is 23.0 Å². The minimum Gasteiger partial charge on any atom is -0.480 e. The lowest BCUT2D eigenvalue weighted by atomic mass is 10.2. The number of hydrogen-bond acceptors (Lipinski definition) is 7. The molecule has 4 aromatic rings. The molecule has 29 heavy (non-hydrogen) atoms. The van der Waals surface area contributed by atoms with Crippen molar-refractivity contribution in [1.82, 2.24) is 19.6 Å². The molecule has 3 heterocycles. The lowest BCUT2D eigenvalue weighted by Gasteiger charge is -2.11. The van der Waals surface area contributed by atoms with Crippen LogP contribution in [-0.4, -0.2) is 26.7 Å². The number of anilines is 1. The first kappa shape index (κ1) is 18.6. The molecule has 1 aromatic carbocycles. The van der Waals surface area contributed by atoms with E-state index in [1.807, 2.05) is 6.07 Å². The van der Waals surface area contributed by atoms with Gasteiger partial charge in [0.15, 0.2) is 11.3 Å². The van der Waals surface area contributed by atoms with Crippen molar-refractivity contribution in [2.45, 2.75) is 4.90 Å². The van der Waals surface area contributed by atoms with E-state index in [1.54, 1.807) is 24.4 Å². The second kappa shape index (κ2) is 7.73. The van der Waals surface area contributed by atoms with Gasteiger partial charge in [0.05, 0.1) is 23.9 Å². The Hall–Kier alpha value is -3.71. The van der Waals surface area contributed by atoms with E-state index in [1.165, 1.54) is 30.0 Å². The van der Waals surface area contributed by atoms with Crippen molar-refractivity contribution in [3.8, 4) is 23.2 Å². The van der Waals surface area contributed by atoms with Gasteiger partial charge in [-0.25, -0.2) is 23.3 Å². The van der Waals surface area contributed by atoms with Gasteiger partial charge in [-0.15, -0.1) is 0 Å². The Labute approximate surface area is 168 Å². The lowest BCUT2D eigenvalue weighted by molar-refractivity contribution is 0.400. The van der Waals surface area contributed by atoms with Crippen LogP contribution in [0.3, 0.4) is 0 Å². The summed E-state index contributed by atoms with van der Waals surface area (Å²) in [6.45, 7) is 0. The molecule has 144 valence electrons. The number of pyridine rings is 1. The molecule has 0 aliphatic heterocycles. The first-order chi connectivity index (χ1) is 14.1. The number of benzene rings is 1. The molecule has 7 nitrogen and oxygen atoms in total. The number of halogens is 2. The highest BCUT2D eigenvalue weighted by Crippen LogP contribution is 2.32. The van der Waals surface area contributed by atoms with Crippen molar-refractivity contribution in [3.63, 3.8) is 0 Å². The molecule has 4 rings (SSSR count). The number of imidazole rings is 1. The van der Waals surface area contributed by atoms with E-state index in [0.717, 1.165) is 18.0 Å². The Bertz CT molecular complexity index is 1250. The molecule has 0 saturated carbocycles. The normalized spacial score (nSPS) is 10.7. The van der Waals surface area contributed by atoms with E-state index in [9.17, 15) is 8.78 Å². The third-order valence-electron chi connectivity index (χ3n) is 3.98. The first-order valence-electron chi connectivity index (χ1n) is 8.26. The third-order valence-corrected chi connectivity index (χ3v) is 4.85. The zero-order valence-electron chi connectivity index (χ0n) is 14.9. The topological polar surface area (TPSA) is 88.1 Å². The summed E-state index contributed by atoms with van der Waals surface area (Å²) in [6, 6.07) is 10.6. The second-order valence-electron chi connectivity index (χ2n) is 5.80. The van der Waals surface area contributed by atoms with Crippen molar-refractivity contribution >= 4 is 23.3 Å². The van der Waals surface area contributed by atoms with Crippen LogP contribution in [-0.2, 0) is 0 Å². The maximum atomic E-state index is 13.9. The Balaban J connectivity index is 1.67. The molecule has 0 spiro atoms. The molecule has 0 radical (unpaired) electrons. The number of rotatable bonds is 5. The molecular weight excluding hydrogens is 398 g/mol. The molecule has 0 unspecified atom stereocenters. The van der Waals surface area contributed by atoms with Crippen LogP contribution in [0.15, 0.2) is 53.7 Å². The van der Waals surface area contributed by atoms with E-state index in [0.29, 0.717) is 34.2 Å². The van der Waals surface area contributed by atoms with Gasteiger partial charge >= 0.3 is 0 Å². The fraction of sp³-hybridized carbons (Fsp3) is 0.0526. The molecule has 0 amide bonds. The van der Waals surface area contributed by atoms with Crippen molar-refractivity contribution in [3.05, 3.63) is 66.1 Å². The number of methoxy groups -OCH3 is 1. The predicted molar refractivity (Wildman–Crippen MR) is 103 cm³/mol. The number of aromatic nitrogens is 4. The smallest absolute Gasteiger partial charge is 0.237 e. The minimum atomic E-state index is -0.679. The predicted octanol–water partition coefficient (Wildman–Crippen LogP) is 4.07. The quantitative estimate of drug-likeness (QED) is 0.496. The molecule has 0 atom stereocenters. The van der Waals surface area contributed by atoms with E-state index in [4.69, 9.17) is 10.00 Å². The highest BCUT2D eigenvalue weighted by molar-refractivity contribution is 8.00. The zero-order chi connectivity index (χ0) is 20.4. The van der Waals surface area contributed by atoms with E-state index in [-0.39, 0.29) is 4.90 Å². The molecule has 10 heteroatoms. The highest BCUT2D eigenvalue weighted by Gasteiger charge is 2.12. The fourth-order valence-corrected chi connectivity index (χ4v) is 3.26. The second-order valence-corrected chi connectivity index (χ2v) is 6.65. The molecule has 0 saturated heterocycles. The number of nitriles is 1. The summed E-state index contributed by atoms with van der Waals surface area (Å²) in [4.78, 5) is 8.58. The Morgan fingerprint density at radius 3 is 2.76 bits per heavy atom. The highest BCUT2D eigenvalue weighted by atomic mass is 32.2. The summed E-state index contributed by atoms with van der Waals surface area (Å²) >= 11 is 0.962. The van der Waals surface area contributed by atoms with Gasteiger partial charge in [0.1, 0.15) is 23.4 Å². The molecular formula is C19H12F2N6OS. The van der Waals surface area contributed by atoms with Crippen LogP contribution < -0.4 is 9.46 Å². The molecule has 1 N–H and O–H groups in total. The van der Waals surface area contributed by atoms with Gasteiger partial charge in [-0.2, -0.15) is 10.4 Å². The van der Waals surface area contributed by atoms with Gasteiger partial charge in [0, 0.05) is 17.8 Å². The number of nitrogens with zero attached hydrogens (tertiary/aromatic N) is 5. The SMILES string of the molecule is COc1ncc(-c2ccc3ncc(C#N)n3n2)cc1NSc1ccc(F)cc1F. The fourth-order valence-electron chi connectivity index (χ4n) is 2.60. The summed E-state index contributed by atoms with van der Waals surface area (Å²) in [5, 5.41) is 13.6. The van der Waals surface area contributed by atoms with Crippen LogP contribution in [0.5, 0.6) is 5.88 Å². The van der Waals surface area contributed by atoms with E-state index >= 15 is 0 Å². The molecule has 0 aliphatic rings. The van der Waals surface area contributed by atoms with Crippen molar-refractivity contribution in [2.75, 3.05) is 11.8 Å². The molecule has 0 fully saturated rings. The number of nitrogens with one attached hydrogen (secondary N) is 1. The number of fused-ring (bicyclic) bond motifs is 1. The summed E-state index contributed by atoms with van der Waals surface area (Å²) < 4.78 is 36.6. The van der Waals surface area contributed by atoms with E-state index < -0.39 is 11.6 Å². The van der Waals surface area contributed by atoms with Crippen LogP contribution in [0.25, 0.3) is 16.9 Å². The summed E-state index contributed by atoms with van der Waals surface area (Å²) in [7, 11) is 1.46. The maximum absolute atomic E-state index is 13.9. The lowest BCUT2D eigenvalue weighted by Crippen LogP contribution is -1.99. The summed E-state index contributed by atoms with van der Waals surface area (Å²) in [5.74, 6) is -1.03. The number of hydrogen-bond donors (Lipinski definition) is 1. The minimum absolute atomic E-state index is 0.218. The Morgan fingerprint density at radius 2 is 2.00 bits per heavy atom. The van der Waals surface area contributed by atoms with Crippen molar-refractivity contribution in [2.24, 2.45) is 0 Å². The summed E-state index contributed by atoms with van der Waals surface area (Å²) in [6.07, 6.45) is 3.02. The van der Waals surface area contributed by atoms with Gasteiger partial charge in [0.25, 0.3) is 0 Å². The number of ether oxygens (including phenoxy) is 1. The molecule has 3 aromatic heterocycles. The summed E-state index contributed by atoms with van der Waals surface area (Å²) in [5.41, 5.74) is 2.54. The standard InChI is InChI=1S/C19H12F2N6OS/c1-28-19-16(26-29-17-4-2-12(20)7-14(17)21)6-11(9-24-19)15-3-5-18-23-10-13(8-22)27(18)25-15/h2-7,9-10,26H,1H3. The van der Waals surface area contributed by atoms with Crippen molar-refractivity contribution < 1.29 is 13.5 Å². The molecule has 0 bridgehead atoms. The van der Waals surface area contributed by atoms with Gasteiger partial charge < -0.3 is 9.46 Å². The van der Waals surface area contributed by atoms with Crippen LogP contribution in [0.4, 0.5) is 14.5 Å². The maximum Gasteiger partial charge on any atom is 0.237 e. The Kier molecular flexibility index (Phi) is 4.97. The van der Waals surface area contributed by atoms with Gasteiger partial charge in [-0.1, -0.05) is 0 Å². The van der Waals surface area contributed by atoms with Crippen LogP contribution in [0.2, 0.25) is 0 Å². The third kappa shape index (κ3) is 3.68. The van der Waals surface area contributed by atoms with Crippen molar-refractivity contribution in [1.29, 1.82) is 5.26 Å². The Morgan fingerprint density at radius 1 is 1.14 bits per heavy atom. The molecule has 0 aliphatic carbocycles. The van der Waals surface area contributed by atoms with Crippen LogP contribution in [0.1, 0.15) is 5.69 Å². The average Bonchev–Trinajstić information content (AvgIpc) is 3.15. The van der Waals surface area contributed by atoms with Crippen LogP contribution >= 0.6 is 11.9 Å². The van der Waals surface area contributed by atoms with Gasteiger partial charge in [-0.05, 0) is 42.3 Å². The largest absolute Gasteiger partial charge is 0.480 e. The van der Waals surface area contributed by atoms with Gasteiger partial charge in [0.2, 0.25) is 5.88 Å². The van der Waals surface area contributed by atoms with E-state index in [2.05, 4.69) is 19.8 Å². The van der Waals surface area contributed by atoms with Gasteiger partial charge in [-0.3, -0.25) is 0 Å². The zero-order valence-corrected chi connectivity index (χ0v) is 15.7. The monoisotopic (exact) mass is 410 g/mol. The average molecular weight is 410 g/mol.